The molecule has 0 atom stereocenters. The van der Waals surface area contributed by atoms with E-state index in [0.29, 0.717) is 27.6 Å². The van der Waals surface area contributed by atoms with Gasteiger partial charge in [-0.05, 0) is 19.4 Å². The predicted molar refractivity (Wildman–Crippen MR) is 82.0 cm³/mol. The van der Waals surface area contributed by atoms with Crippen molar-refractivity contribution < 1.29 is 10.0 Å². The van der Waals surface area contributed by atoms with Gasteiger partial charge in [-0.15, -0.1) is 11.3 Å². The van der Waals surface area contributed by atoms with Crippen molar-refractivity contribution in [2.75, 3.05) is 11.2 Å². The topological polar surface area (TPSA) is 127 Å². The minimum atomic E-state index is -0.492. The molecule has 1 heterocycles. The molecule has 1 aromatic carbocycles. The maximum absolute atomic E-state index is 11.0. The van der Waals surface area contributed by atoms with E-state index in [-0.39, 0.29) is 11.4 Å². The lowest BCUT2D eigenvalue weighted by Crippen LogP contribution is -2.00. The second-order valence-corrected chi connectivity index (χ2v) is 5.16. The van der Waals surface area contributed by atoms with E-state index in [1.165, 1.54) is 23.6 Å². The van der Waals surface area contributed by atoms with E-state index < -0.39 is 4.92 Å². The van der Waals surface area contributed by atoms with E-state index >= 15 is 0 Å². The molecule has 0 unspecified atom stereocenters. The molecule has 0 amide bonds. The van der Waals surface area contributed by atoms with Gasteiger partial charge in [-0.25, -0.2) is 4.98 Å². The number of nitrogens with two attached hydrogens (primary N) is 1. The quantitative estimate of drug-likeness (QED) is 0.452. The van der Waals surface area contributed by atoms with Gasteiger partial charge in [-0.3, -0.25) is 15.5 Å². The third-order valence-corrected chi connectivity index (χ3v) is 3.61. The molecule has 0 bridgehead atoms. The molecule has 21 heavy (non-hydrogen) atoms. The number of rotatable bonds is 4. The van der Waals surface area contributed by atoms with E-state index in [1.54, 1.807) is 19.2 Å². The SMILES string of the molecule is Cc1cc([N+](=O)[O-])c(C)c(C=NNc2nc(N)cs2)c1O. The number of phenols is 1. The third-order valence-electron chi connectivity index (χ3n) is 2.84. The molecule has 0 fully saturated rings. The number of nitro groups is 1. The molecule has 0 spiro atoms. The van der Waals surface area contributed by atoms with Crippen LogP contribution in [0.3, 0.4) is 0 Å². The van der Waals surface area contributed by atoms with E-state index in [2.05, 4.69) is 15.5 Å². The Morgan fingerprint density at radius 1 is 1.57 bits per heavy atom. The highest BCUT2D eigenvalue weighted by Crippen LogP contribution is 2.31. The number of nitrogens with zero attached hydrogens (tertiary/aromatic N) is 3. The Labute approximate surface area is 124 Å². The number of phenolic OH excluding ortho intramolecular Hbond substituents is 1. The summed E-state index contributed by atoms with van der Waals surface area (Å²) in [7, 11) is 0. The van der Waals surface area contributed by atoms with E-state index in [9.17, 15) is 15.2 Å². The van der Waals surface area contributed by atoms with Gasteiger partial charge in [-0.1, -0.05) is 0 Å². The van der Waals surface area contributed by atoms with Gasteiger partial charge in [0.05, 0.1) is 11.1 Å². The third kappa shape index (κ3) is 3.08. The average molecular weight is 307 g/mol. The zero-order valence-electron chi connectivity index (χ0n) is 11.3. The van der Waals surface area contributed by atoms with Gasteiger partial charge in [0, 0.05) is 22.6 Å². The Hall–Kier alpha value is -2.68. The first-order valence-electron chi connectivity index (χ1n) is 5.87. The van der Waals surface area contributed by atoms with Crippen molar-refractivity contribution in [3.8, 4) is 5.75 Å². The van der Waals surface area contributed by atoms with Gasteiger partial charge in [0.25, 0.3) is 5.69 Å². The number of nitrogen functional groups attached to an aromatic ring is 1. The lowest BCUT2D eigenvalue weighted by atomic mass is 10.0. The summed E-state index contributed by atoms with van der Waals surface area (Å²) in [5.41, 5.74) is 9.10. The minimum Gasteiger partial charge on any atom is -0.507 e. The van der Waals surface area contributed by atoms with Crippen molar-refractivity contribution in [2.24, 2.45) is 5.10 Å². The van der Waals surface area contributed by atoms with Crippen LogP contribution in [-0.2, 0) is 0 Å². The molecule has 1 aromatic heterocycles. The number of hydrogen-bond donors (Lipinski definition) is 3. The number of nitrogens with one attached hydrogen (secondary N) is 1. The Bertz CT molecular complexity index is 726. The molecule has 8 nitrogen and oxygen atoms in total. The largest absolute Gasteiger partial charge is 0.507 e. The molecule has 0 radical (unpaired) electrons. The van der Waals surface area contributed by atoms with Crippen molar-refractivity contribution in [1.29, 1.82) is 0 Å². The van der Waals surface area contributed by atoms with Crippen molar-refractivity contribution in [2.45, 2.75) is 13.8 Å². The summed E-state index contributed by atoms with van der Waals surface area (Å²) in [5, 5.41) is 27.1. The van der Waals surface area contributed by atoms with Crippen LogP contribution in [0.1, 0.15) is 16.7 Å². The standard InChI is InChI=1S/C12H13N5O3S/c1-6-3-9(17(19)20)7(2)8(11(6)18)4-14-16-12-15-10(13)5-21-12/h3-5,18H,13H2,1-2H3,(H,15,16). The smallest absolute Gasteiger partial charge is 0.273 e. The maximum Gasteiger partial charge on any atom is 0.273 e. The summed E-state index contributed by atoms with van der Waals surface area (Å²) < 4.78 is 0. The summed E-state index contributed by atoms with van der Waals surface area (Å²) in [6.07, 6.45) is 1.32. The second kappa shape index (κ2) is 5.75. The van der Waals surface area contributed by atoms with Crippen molar-refractivity contribution in [3.63, 3.8) is 0 Å². The van der Waals surface area contributed by atoms with Crippen LogP contribution in [0.15, 0.2) is 16.5 Å². The van der Waals surface area contributed by atoms with Crippen LogP contribution >= 0.6 is 11.3 Å². The van der Waals surface area contributed by atoms with Gasteiger partial charge >= 0.3 is 0 Å². The summed E-state index contributed by atoms with van der Waals surface area (Å²) >= 11 is 1.27. The lowest BCUT2D eigenvalue weighted by Gasteiger charge is -2.07. The number of aromatic nitrogens is 1. The Morgan fingerprint density at radius 2 is 2.29 bits per heavy atom. The van der Waals surface area contributed by atoms with Crippen molar-refractivity contribution in [3.05, 3.63) is 38.3 Å². The number of thiazole rings is 1. The van der Waals surface area contributed by atoms with Crippen LogP contribution in [0.5, 0.6) is 5.75 Å². The number of aryl methyl sites for hydroxylation is 1. The first kappa shape index (κ1) is 14.7. The molecule has 9 heteroatoms. The molecular weight excluding hydrogens is 294 g/mol. The fourth-order valence-electron chi connectivity index (χ4n) is 1.75. The monoisotopic (exact) mass is 307 g/mol. The molecular formula is C12H13N5O3S. The summed E-state index contributed by atoms with van der Waals surface area (Å²) in [5.74, 6) is 0.338. The van der Waals surface area contributed by atoms with Crippen LogP contribution < -0.4 is 11.2 Å². The summed E-state index contributed by atoms with van der Waals surface area (Å²) in [6.45, 7) is 3.15. The highest BCUT2D eigenvalue weighted by atomic mass is 32.1. The molecule has 2 rings (SSSR count). The van der Waals surface area contributed by atoms with E-state index in [0.717, 1.165) is 0 Å². The van der Waals surface area contributed by atoms with Gasteiger partial charge in [0.2, 0.25) is 5.13 Å². The predicted octanol–water partition coefficient (Wildman–Crippen LogP) is 2.40. The number of hydrazone groups is 1. The van der Waals surface area contributed by atoms with Crippen LogP contribution in [0.4, 0.5) is 16.6 Å². The van der Waals surface area contributed by atoms with Crippen LogP contribution in [0.25, 0.3) is 0 Å². The number of benzene rings is 1. The minimum absolute atomic E-state index is 0.0395. The molecule has 110 valence electrons. The van der Waals surface area contributed by atoms with Gasteiger partial charge < -0.3 is 10.8 Å². The molecule has 0 saturated carbocycles. The van der Waals surface area contributed by atoms with E-state index in [4.69, 9.17) is 5.73 Å². The number of hydrogen-bond acceptors (Lipinski definition) is 8. The zero-order chi connectivity index (χ0) is 15.6. The Kier molecular flexibility index (Phi) is 4.03. The molecule has 0 saturated heterocycles. The van der Waals surface area contributed by atoms with Crippen LogP contribution in [0.2, 0.25) is 0 Å². The summed E-state index contributed by atoms with van der Waals surface area (Å²) in [4.78, 5) is 14.4. The molecule has 0 aliphatic carbocycles. The van der Waals surface area contributed by atoms with Gasteiger partial charge in [0.1, 0.15) is 11.6 Å². The molecule has 4 N–H and O–H groups in total. The molecule has 0 aliphatic rings. The normalized spacial score (nSPS) is 11.0. The molecule has 0 aliphatic heterocycles. The second-order valence-electron chi connectivity index (χ2n) is 4.30. The number of nitro benzene ring substituents is 1. The van der Waals surface area contributed by atoms with Crippen LogP contribution in [-0.4, -0.2) is 21.2 Å². The van der Waals surface area contributed by atoms with Gasteiger partial charge in [-0.2, -0.15) is 5.10 Å². The fraction of sp³-hybridized carbons (Fsp3) is 0.167. The highest BCUT2D eigenvalue weighted by molar-refractivity contribution is 7.14. The molecule has 2 aromatic rings. The first-order valence-corrected chi connectivity index (χ1v) is 6.75. The number of anilines is 2. The first-order chi connectivity index (χ1) is 9.90. The Balaban J connectivity index is 2.32. The number of aromatic hydroxyl groups is 1. The average Bonchev–Trinajstić information content (AvgIpc) is 2.83. The Morgan fingerprint density at radius 3 is 2.86 bits per heavy atom. The maximum atomic E-state index is 11.0. The lowest BCUT2D eigenvalue weighted by molar-refractivity contribution is -0.385. The van der Waals surface area contributed by atoms with Gasteiger partial charge in [0.15, 0.2) is 0 Å². The fourth-order valence-corrected chi connectivity index (χ4v) is 2.30. The summed E-state index contributed by atoms with van der Waals surface area (Å²) in [6, 6.07) is 1.33. The zero-order valence-corrected chi connectivity index (χ0v) is 12.1. The van der Waals surface area contributed by atoms with Crippen molar-refractivity contribution >= 4 is 34.2 Å². The van der Waals surface area contributed by atoms with E-state index in [1.807, 2.05) is 0 Å². The van der Waals surface area contributed by atoms with Crippen molar-refractivity contribution in [1.82, 2.24) is 4.98 Å². The van der Waals surface area contributed by atoms with Crippen LogP contribution in [0, 0.1) is 24.0 Å². The highest BCUT2D eigenvalue weighted by Gasteiger charge is 2.18.